The predicted molar refractivity (Wildman–Crippen MR) is 75.8 cm³/mol. The van der Waals surface area contributed by atoms with Gasteiger partial charge in [-0.15, -0.1) is 0 Å². The van der Waals surface area contributed by atoms with Crippen molar-refractivity contribution >= 4 is 0 Å². The van der Waals surface area contributed by atoms with Crippen LogP contribution in [0.1, 0.15) is 47.0 Å². The molecule has 4 nitrogen and oxygen atoms in total. The van der Waals surface area contributed by atoms with Crippen LogP contribution in [0, 0.1) is 11.3 Å². The van der Waals surface area contributed by atoms with Crippen LogP contribution in [0.15, 0.2) is 0 Å². The lowest BCUT2D eigenvalue weighted by atomic mass is 9.93. The van der Waals surface area contributed by atoms with E-state index in [1.54, 1.807) is 0 Å². The molecular formula is C15H27N3O. The minimum Gasteiger partial charge on any atom is -0.372 e. The van der Waals surface area contributed by atoms with E-state index in [1.165, 1.54) is 12.8 Å². The molecule has 0 aromatic carbocycles. The number of morpholine rings is 1. The summed E-state index contributed by atoms with van der Waals surface area (Å²) >= 11 is 0. The summed E-state index contributed by atoms with van der Waals surface area (Å²) in [5.41, 5.74) is -0.440. The molecule has 2 fully saturated rings. The molecule has 0 saturated carbocycles. The van der Waals surface area contributed by atoms with Gasteiger partial charge in [0.25, 0.3) is 0 Å². The summed E-state index contributed by atoms with van der Waals surface area (Å²) in [5, 5.41) is 12.8. The zero-order valence-electron chi connectivity index (χ0n) is 12.6. The van der Waals surface area contributed by atoms with Crippen LogP contribution in [0.2, 0.25) is 0 Å². The molecule has 0 aliphatic carbocycles. The third-order valence-electron chi connectivity index (χ3n) is 4.25. The van der Waals surface area contributed by atoms with E-state index in [2.05, 4.69) is 37.1 Å². The number of rotatable bonds is 5. The summed E-state index contributed by atoms with van der Waals surface area (Å²) in [6.07, 6.45) is 4.11. The second-order valence-corrected chi connectivity index (χ2v) is 6.71. The highest BCUT2D eigenvalue weighted by molar-refractivity contribution is 5.06. The normalized spacial score (nSPS) is 32.0. The smallest absolute Gasteiger partial charge is 0.105 e. The molecule has 4 heteroatoms. The summed E-state index contributed by atoms with van der Waals surface area (Å²) < 4.78 is 5.88. The average molecular weight is 265 g/mol. The molecule has 2 aliphatic heterocycles. The fourth-order valence-electron chi connectivity index (χ4n) is 3.50. The van der Waals surface area contributed by atoms with E-state index in [4.69, 9.17) is 4.74 Å². The summed E-state index contributed by atoms with van der Waals surface area (Å²) in [5.74, 6) is 0. The van der Waals surface area contributed by atoms with Gasteiger partial charge in [-0.3, -0.25) is 10.2 Å². The molecule has 0 spiro atoms. The Labute approximate surface area is 117 Å². The van der Waals surface area contributed by atoms with Gasteiger partial charge in [-0.2, -0.15) is 5.26 Å². The van der Waals surface area contributed by atoms with Crippen molar-refractivity contribution in [2.75, 3.05) is 13.1 Å². The molecule has 4 unspecified atom stereocenters. The molecule has 108 valence electrons. The fourth-order valence-corrected chi connectivity index (χ4v) is 3.50. The number of nitrogens with one attached hydrogen (secondary N) is 1. The first-order valence-electron chi connectivity index (χ1n) is 7.50. The second kappa shape index (κ2) is 5.78. The van der Waals surface area contributed by atoms with E-state index in [1.807, 2.05) is 6.92 Å². The van der Waals surface area contributed by atoms with E-state index < -0.39 is 5.54 Å². The van der Waals surface area contributed by atoms with Crippen LogP contribution in [-0.4, -0.2) is 47.8 Å². The van der Waals surface area contributed by atoms with E-state index >= 15 is 0 Å². The van der Waals surface area contributed by atoms with Gasteiger partial charge in [0.1, 0.15) is 5.54 Å². The van der Waals surface area contributed by atoms with Crippen molar-refractivity contribution in [2.24, 2.45) is 0 Å². The van der Waals surface area contributed by atoms with Gasteiger partial charge in [0.05, 0.1) is 18.3 Å². The highest BCUT2D eigenvalue weighted by Gasteiger charge is 2.37. The van der Waals surface area contributed by atoms with Crippen LogP contribution < -0.4 is 5.32 Å². The Morgan fingerprint density at radius 3 is 2.37 bits per heavy atom. The zero-order valence-corrected chi connectivity index (χ0v) is 12.6. The number of nitrogens with zero attached hydrogens (tertiary/aromatic N) is 2. The molecule has 0 aromatic heterocycles. The zero-order chi connectivity index (χ0) is 14.0. The van der Waals surface area contributed by atoms with E-state index in [-0.39, 0.29) is 0 Å². The quantitative estimate of drug-likeness (QED) is 0.825. The van der Waals surface area contributed by atoms with Gasteiger partial charge in [-0.25, -0.2) is 0 Å². The molecule has 2 aliphatic rings. The minimum atomic E-state index is -0.440. The number of nitriles is 1. The first-order valence-corrected chi connectivity index (χ1v) is 7.50. The predicted octanol–water partition coefficient (Wildman–Crippen LogP) is 1.91. The number of ether oxygens (including phenoxy) is 1. The van der Waals surface area contributed by atoms with Crippen LogP contribution in [0.4, 0.5) is 0 Å². The SMILES string of the molecule is CC(C)NC(C)(C#N)CC(C)N1CC2CCC(C1)O2. The Morgan fingerprint density at radius 1 is 1.32 bits per heavy atom. The Morgan fingerprint density at radius 2 is 1.89 bits per heavy atom. The average Bonchev–Trinajstić information content (AvgIpc) is 2.67. The van der Waals surface area contributed by atoms with Crippen molar-refractivity contribution in [3.05, 3.63) is 0 Å². The third kappa shape index (κ3) is 3.68. The molecule has 0 aromatic rings. The van der Waals surface area contributed by atoms with E-state index in [9.17, 15) is 5.26 Å². The van der Waals surface area contributed by atoms with Crippen molar-refractivity contribution in [2.45, 2.75) is 76.8 Å². The van der Waals surface area contributed by atoms with Crippen molar-refractivity contribution < 1.29 is 4.74 Å². The minimum absolute atomic E-state index is 0.331. The van der Waals surface area contributed by atoms with Crippen LogP contribution in [0.3, 0.4) is 0 Å². The highest BCUT2D eigenvalue weighted by Crippen LogP contribution is 2.29. The van der Waals surface area contributed by atoms with Gasteiger partial charge in [-0.1, -0.05) is 0 Å². The van der Waals surface area contributed by atoms with Crippen molar-refractivity contribution in [1.29, 1.82) is 5.26 Å². The van der Waals surface area contributed by atoms with Crippen molar-refractivity contribution in [1.82, 2.24) is 10.2 Å². The third-order valence-corrected chi connectivity index (χ3v) is 4.25. The molecule has 0 radical (unpaired) electrons. The monoisotopic (exact) mass is 265 g/mol. The van der Waals surface area contributed by atoms with E-state index in [0.29, 0.717) is 24.3 Å². The number of hydrogen-bond acceptors (Lipinski definition) is 4. The van der Waals surface area contributed by atoms with Gasteiger partial charge in [0, 0.05) is 25.2 Å². The van der Waals surface area contributed by atoms with Crippen LogP contribution >= 0.6 is 0 Å². The van der Waals surface area contributed by atoms with Gasteiger partial charge >= 0.3 is 0 Å². The molecule has 1 N–H and O–H groups in total. The first kappa shape index (κ1) is 14.8. The second-order valence-electron chi connectivity index (χ2n) is 6.71. The molecule has 2 saturated heterocycles. The fraction of sp³-hybridized carbons (Fsp3) is 0.933. The van der Waals surface area contributed by atoms with Gasteiger partial charge in [0.15, 0.2) is 0 Å². The van der Waals surface area contributed by atoms with Gasteiger partial charge < -0.3 is 4.74 Å². The van der Waals surface area contributed by atoms with Gasteiger partial charge in [0.2, 0.25) is 0 Å². The summed E-state index contributed by atoms with van der Waals surface area (Å²) in [7, 11) is 0. The molecule has 2 bridgehead atoms. The Balaban J connectivity index is 1.92. The standard InChI is InChI=1S/C15H27N3O/c1-11(2)17-15(4,10-16)7-12(3)18-8-13-5-6-14(9-18)19-13/h11-14,17H,5-9H2,1-4H3. The van der Waals surface area contributed by atoms with Crippen LogP contribution in [0.5, 0.6) is 0 Å². The summed E-state index contributed by atoms with van der Waals surface area (Å²) in [6, 6.07) is 3.20. The van der Waals surface area contributed by atoms with Gasteiger partial charge in [-0.05, 0) is 47.0 Å². The Hall–Kier alpha value is -0.630. The maximum atomic E-state index is 9.44. The largest absolute Gasteiger partial charge is 0.372 e. The topological polar surface area (TPSA) is 48.3 Å². The molecule has 2 rings (SSSR count). The molecule has 0 amide bonds. The molecule has 4 atom stereocenters. The molecule has 2 heterocycles. The Kier molecular flexibility index (Phi) is 4.50. The number of fused-ring (bicyclic) bond motifs is 2. The lowest BCUT2D eigenvalue weighted by molar-refractivity contribution is -0.0532. The summed E-state index contributed by atoms with van der Waals surface area (Å²) in [4.78, 5) is 2.50. The maximum absolute atomic E-state index is 9.44. The Bertz CT molecular complexity index is 340. The first-order chi connectivity index (χ1) is 8.92. The van der Waals surface area contributed by atoms with Crippen molar-refractivity contribution in [3.8, 4) is 6.07 Å². The number of hydrogen-bond donors (Lipinski definition) is 1. The van der Waals surface area contributed by atoms with Crippen LogP contribution in [-0.2, 0) is 4.74 Å². The molecular weight excluding hydrogens is 238 g/mol. The maximum Gasteiger partial charge on any atom is 0.105 e. The molecule has 19 heavy (non-hydrogen) atoms. The lowest BCUT2D eigenvalue weighted by Gasteiger charge is -2.39. The highest BCUT2D eigenvalue weighted by atomic mass is 16.5. The van der Waals surface area contributed by atoms with E-state index in [0.717, 1.165) is 19.5 Å². The summed E-state index contributed by atoms with van der Waals surface area (Å²) in [6.45, 7) is 10.5. The van der Waals surface area contributed by atoms with Crippen molar-refractivity contribution in [3.63, 3.8) is 0 Å². The lowest BCUT2D eigenvalue weighted by Crippen LogP contribution is -2.53. The van der Waals surface area contributed by atoms with Crippen LogP contribution in [0.25, 0.3) is 0 Å². The number of likely N-dealkylation sites (tertiary alicyclic amines) is 1.